The van der Waals surface area contributed by atoms with Gasteiger partial charge in [-0.1, -0.05) is 0 Å². The number of ether oxygens (including phenoxy) is 1. The number of nitrogens with one attached hydrogen (secondary N) is 1. The van der Waals surface area contributed by atoms with Gasteiger partial charge in [-0.15, -0.1) is 11.3 Å². The molecule has 0 aromatic carbocycles. The second-order valence-electron chi connectivity index (χ2n) is 4.89. The van der Waals surface area contributed by atoms with Gasteiger partial charge in [0.15, 0.2) is 0 Å². The molecule has 1 saturated heterocycles. The van der Waals surface area contributed by atoms with E-state index < -0.39 is 0 Å². The highest BCUT2D eigenvalue weighted by atomic mass is 32.1. The van der Waals surface area contributed by atoms with E-state index in [9.17, 15) is 0 Å². The van der Waals surface area contributed by atoms with Gasteiger partial charge in [0.05, 0.1) is 18.8 Å². The van der Waals surface area contributed by atoms with Crippen molar-refractivity contribution in [3.8, 4) is 0 Å². The van der Waals surface area contributed by atoms with Crippen LogP contribution in [0.15, 0.2) is 11.6 Å². The molecule has 4 nitrogen and oxygen atoms in total. The molecule has 1 saturated carbocycles. The van der Waals surface area contributed by atoms with Crippen LogP contribution in [0.4, 0.5) is 0 Å². The number of thiazole rings is 1. The molecule has 1 aliphatic carbocycles. The van der Waals surface area contributed by atoms with Crippen molar-refractivity contribution in [2.75, 3.05) is 26.7 Å². The number of rotatable bonds is 4. The van der Waals surface area contributed by atoms with E-state index in [0.717, 1.165) is 25.7 Å². The van der Waals surface area contributed by atoms with E-state index in [1.54, 1.807) is 11.3 Å². The Bertz CT molecular complexity index is 353. The van der Waals surface area contributed by atoms with Gasteiger partial charge in [0.25, 0.3) is 0 Å². The van der Waals surface area contributed by atoms with Crippen LogP contribution in [0, 0.1) is 0 Å². The van der Waals surface area contributed by atoms with Crippen molar-refractivity contribution in [3.63, 3.8) is 0 Å². The largest absolute Gasteiger partial charge is 0.373 e. The molecule has 2 heterocycles. The smallest absolute Gasteiger partial charge is 0.112 e. The lowest BCUT2D eigenvalue weighted by atomic mass is 10.1. The van der Waals surface area contributed by atoms with Gasteiger partial charge in [-0.2, -0.15) is 0 Å². The Hall–Kier alpha value is -0.490. The average Bonchev–Trinajstić information content (AvgIpc) is 3.01. The van der Waals surface area contributed by atoms with Crippen molar-refractivity contribution >= 4 is 11.3 Å². The Balaban J connectivity index is 1.69. The minimum Gasteiger partial charge on any atom is -0.373 e. The molecule has 2 unspecified atom stereocenters. The van der Waals surface area contributed by atoms with Gasteiger partial charge < -0.3 is 10.1 Å². The molecule has 1 aliphatic heterocycles. The lowest BCUT2D eigenvalue weighted by molar-refractivity contribution is -0.0615. The fourth-order valence-corrected chi connectivity index (χ4v) is 3.19. The summed E-state index contributed by atoms with van der Waals surface area (Å²) < 4.78 is 5.93. The third-order valence-corrected chi connectivity index (χ3v) is 4.34. The van der Waals surface area contributed by atoms with Gasteiger partial charge in [0.1, 0.15) is 5.01 Å². The summed E-state index contributed by atoms with van der Waals surface area (Å²) in [5, 5.41) is 6.78. The molecule has 0 radical (unpaired) electrons. The van der Waals surface area contributed by atoms with Crippen molar-refractivity contribution in [1.82, 2.24) is 15.2 Å². The Morgan fingerprint density at radius 1 is 1.59 bits per heavy atom. The summed E-state index contributed by atoms with van der Waals surface area (Å²) in [6, 6.07) is 1.05. The van der Waals surface area contributed by atoms with E-state index in [2.05, 4.69) is 22.2 Å². The van der Waals surface area contributed by atoms with E-state index in [1.807, 2.05) is 11.6 Å². The second-order valence-corrected chi connectivity index (χ2v) is 5.81. The maximum atomic E-state index is 5.93. The monoisotopic (exact) mass is 253 g/mol. The first-order chi connectivity index (χ1) is 8.34. The number of nitrogens with zero attached hydrogens (tertiary/aromatic N) is 2. The third kappa shape index (κ3) is 2.68. The third-order valence-electron chi connectivity index (χ3n) is 3.49. The molecule has 2 fully saturated rings. The van der Waals surface area contributed by atoms with Crippen LogP contribution in [0.5, 0.6) is 0 Å². The number of hydrogen-bond donors (Lipinski definition) is 1. The first kappa shape index (κ1) is 11.6. The van der Waals surface area contributed by atoms with Gasteiger partial charge >= 0.3 is 0 Å². The molecule has 0 spiro atoms. The quantitative estimate of drug-likeness (QED) is 0.877. The standard InChI is InChI=1S/C12H19N3OS/c1-15-5-6-16-10(8-14-9-2-3-9)11(15)12-13-4-7-17-12/h4,7,9-11,14H,2-3,5-6,8H2,1H3. The average molecular weight is 253 g/mol. The maximum absolute atomic E-state index is 5.93. The summed E-state index contributed by atoms with van der Waals surface area (Å²) in [5.74, 6) is 0. The van der Waals surface area contributed by atoms with Crippen LogP contribution in [0.1, 0.15) is 23.9 Å². The molecular formula is C12H19N3OS. The zero-order valence-corrected chi connectivity index (χ0v) is 10.9. The molecule has 1 N–H and O–H groups in total. The molecular weight excluding hydrogens is 234 g/mol. The van der Waals surface area contributed by atoms with Crippen LogP contribution < -0.4 is 5.32 Å². The lowest BCUT2D eigenvalue weighted by Crippen LogP contribution is -2.47. The van der Waals surface area contributed by atoms with Crippen LogP contribution >= 0.6 is 11.3 Å². The van der Waals surface area contributed by atoms with E-state index in [0.29, 0.717) is 6.04 Å². The van der Waals surface area contributed by atoms with Gasteiger partial charge in [-0.25, -0.2) is 4.98 Å². The lowest BCUT2D eigenvalue weighted by Gasteiger charge is -2.38. The van der Waals surface area contributed by atoms with E-state index >= 15 is 0 Å². The molecule has 0 amide bonds. The summed E-state index contributed by atoms with van der Waals surface area (Å²) in [5.41, 5.74) is 0. The van der Waals surface area contributed by atoms with Crippen molar-refractivity contribution < 1.29 is 4.74 Å². The first-order valence-electron chi connectivity index (χ1n) is 6.29. The van der Waals surface area contributed by atoms with Gasteiger partial charge in [0.2, 0.25) is 0 Å². The highest BCUT2D eigenvalue weighted by Crippen LogP contribution is 2.30. The Kier molecular flexibility index (Phi) is 3.42. The van der Waals surface area contributed by atoms with Gasteiger partial charge in [-0.05, 0) is 19.9 Å². The SMILES string of the molecule is CN1CCOC(CNC2CC2)C1c1nccs1. The zero-order valence-electron chi connectivity index (χ0n) is 10.1. The highest BCUT2D eigenvalue weighted by Gasteiger charge is 2.34. The van der Waals surface area contributed by atoms with E-state index in [1.165, 1.54) is 17.8 Å². The Labute approximate surface area is 106 Å². The van der Waals surface area contributed by atoms with Crippen LogP contribution in [0.2, 0.25) is 0 Å². The fraction of sp³-hybridized carbons (Fsp3) is 0.750. The normalized spacial score (nSPS) is 30.6. The second kappa shape index (κ2) is 5.02. The molecule has 5 heteroatoms. The number of aromatic nitrogens is 1. The molecule has 17 heavy (non-hydrogen) atoms. The predicted octanol–water partition coefficient (Wildman–Crippen LogP) is 1.27. The van der Waals surface area contributed by atoms with Gasteiger partial charge in [0, 0.05) is 30.7 Å². The van der Waals surface area contributed by atoms with E-state index in [4.69, 9.17) is 4.74 Å². The molecule has 2 atom stereocenters. The minimum atomic E-state index is 0.237. The summed E-state index contributed by atoms with van der Waals surface area (Å²) in [4.78, 5) is 6.82. The molecule has 2 aliphatic rings. The van der Waals surface area contributed by atoms with Crippen LogP contribution in [0.3, 0.4) is 0 Å². The maximum Gasteiger partial charge on any atom is 0.112 e. The number of morpholine rings is 1. The van der Waals surface area contributed by atoms with Crippen molar-refractivity contribution in [1.29, 1.82) is 0 Å². The summed E-state index contributed by atoms with van der Waals surface area (Å²) in [6.45, 7) is 2.76. The zero-order chi connectivity index (χ0) is 11.7. The van der Waals surface area contributed by atoms with Crippen molar-refractivity contribution in [2.24, 2.45) is 0 Å². The molecule has 0 bridgehead atoms. The van der Waals surface area contributed by atoms with Crippen LogP contribution in [-0.4, -0.2) is 48.8 Å². The first-order valence-corrected chi connectivity index (χ1v) is 7.17. The summed E-state index contributed by atoms with van der Waals surface area (Å²) in [7, 11) is 2.17. The molecule has 1 aromatic rings. The number of likely N-dealkylation sites (N-methyl/N-ethyl adjacent to an activating group) is 1. The van der Waals surface area contributed by atoms with Gasteiger partial charge in [-0.3, -0.25) is 4.90 Å². The summed E-state index contributed by atoms with van der Waals surface area (Å²) in [6.07, 6.45) is 4.77. The predicted molar refractivity (Wildman–Crippen MR) is 68.2 cm³/mol. The minimum absolute atomic E-state index is 0.237. The molecule has 1 aromatic heterocycles. The Morgan fingerprint density at radius 2 is 2.47 bits per heavy atom. The van der Waals surface area contributed by atoms with Crippen LogP contribution in [-0.2, 0) is 4.74 Å². The van der Waals surface area contributed by atoms with Crippen LogP contribution in [0.25, 0.3) is 0 Å². The Morgan fingerprint density at radius 3 is 3.18 bits per heavy atom. The topological polar surface area (TPSA) is 37.4 Å². The highest BCUT2D eigenvalue weighted by molar-refractivity contribution is 7.09. The van der Waals surface area contributed by atoms with Crippen molar-refractivity contribution in [3.05, 3.63) is 16.6 Å². The number of hydrogen-bond acceptors (Lipinski definition) is 5. The molecule has 94 valence electrons. The molecule has 3 rings (SSSR count). The summed E-state index contributed by atoms with van der Waals surface area (Å²) >= 11 is 1.73. The van der Waals surface area contributed by atoms with Crippen molar-refractivity contribution in [2.45, 2.75) is 31.0 Å². The van der Waals surface area contributed by atoms with E-state index in [-0.39, 0.29) is 6.10 Å². The fourth-order valence-electron chi connectivity index (χ4n) is 2.33.